The Hall–Kier alpha value is -1.71. The van der Waals surface area contributed by atoms with Crippen molar-refractivity contribution in [1.82, 2.24) is 0 Å². The van der Waals surface area contributed by atoms with Crippen LogP contribution in [0, 0.1) is 0 Å². The van der Waals surface area contributed by atoms with E-state index >= 15 is 0 Å². The molecule has 0 N–H and O–H groups in total. The van der Waals surface area contributed by atoms with Crippen molar-refractivity contribution in [3.8, 4) is 11.5 Å². The number of hydrogen-bond acceptors (Lipinski definition) is 4. The van der Waals surface area contributed by atoms with Crippen molar-refractivity contribution < 1.29 is 19.0 Å². The van der Waals surface area contributed by atoms with Crippen LogP contribution >= 0.6 is 0 Å². The zero-order chi connectivity index (χ0) is 12.8. The molecule has 4 nitrogen and oxygen atoms in total. The van der Waals surface area contributed by atoms with Crippen molar-refractivity contribution >= 4 is 5.97 Å². The topological polar surface area (TPSA) is 44.8 Å². The first-order valence-electron chi connectivity index (χ1n) is 5.52. The van der Waals surface area contributed by atoms with Crippen molar-refractivity contribution in [2.24, 2.45) is 0 Å². The number of methoxy groups -OCH3 is 2. The molecule has 0 spiro atoms. The quantitative estimate of drug-likeness (QED) is 0.739. The van der Waals surface area contributed by atoms with E-state index < -0.39 is 0 Å². The van der Waals surface area contributed by atoms with Gasteiger partial charge in [0.2, 0.25) is 0 Å². The Kier molecular flexibility index (Phi) is 4.82. The first kappa shape index (κ1) is 13.4. The number of ether oxygens (including phenoxy) is 3. The van der Waals surface area contributed by atoms with E-state index in [9.17, 15) is 4.79 Å². The summed E-state index contributed by atoms with van der Waals surface area (Å²) in [5, 5.41) is 0. The van der Waals surface area contributed by atoms with E-state index in [4.69, 9.17) is 14.2 Å². The van der Waals surface area contributed by atoms with Crippen LogP contribution in [-0.2, 0) is 9.53 Å². The lowest BCUT2D eigenvalue weighted by Gasteiger charge is -2.13. The minimum absolute atomic E-state index is 0.247. The van der Waals surface area contributed by atoms with Crippen LogP contribution in [0.25, 0.3) is 0 Å². The molecule has 0 amide bonds. The second-order valence-electron chi connectivity index (χ2n) is 3.62. The zero-order valence-corrected chi connectivity index (χ0v) is 10.6. The van der Waals surface area contributed by atoms with Crippen LogP contribution in [0.1, 0.15) is 25.3 Å². The number of carbonyl (C=O) groups is 1. The van der Waals surface area contributed by atoms with Crippen LogP contribution in [0.15, 0.2) is 18.2 Å². The molecule has 17 heavy (non-hydrogen) atoms. The van der Waals surface area contributed by atoms with Gasteiger partial charge in [0.1, 0.15) is 11.5 Å². The highest BCUT2D eigenvalue weighted by Crippen LogP contribution is 2.27. The molecule has 0 aromatic heterocycles. The average molecular weight is 238 g/mol. The van der Waals surface area contributed by atoms with Crippen LogP contribution in [0.5, 0.6) is 11.5 Å². The first-order chi connectivity index (χ1) is 8.12. The Morgan fingerprint density at radius 3 is 2.12 bits per heavy atom. The summed E-state index contributed by atoms with van der Waals surface area (Å²) in [6.45, 7) is 3.97. The molecule has 0 saturated heterocycles. The number of esters is 1. The van der Waals surface area contributed by atoms with Gasteiger partial charge in [-0.2, -0.15) is 0 Å². The normalized spacial score (nSPS) is 11.8. The minimum atomic E-state index is -0.334. The van der Waals surface area contributed by atoms with Crippen LogP contribution in [0.4, 0.5) is 0 Å². The van der Waals surface area contributed by atoms with Gasteiger partial charge in [-0.3, -0.25) is 4.79 Å². The van der Waals surface area contributed by atoms with Gasteiger partial charge in [0.15, 0.2) is 0 Å². The molecule has 0 aliphatic carbocycles. The number of hydrogen-bond donors (Lipinski definition) is 0. The molecule has 1 atom stereocenters. The summed E-state index contributed by atoms with van der Waals surface area (Å²) < 4.78 is 15.3. The highest BCUT2D eigenvalue weighted by molar-refractivity contribution is 5.78. The largest absolute Gasteiger partial charge is 0.497 e. The van der Waals surface area contributed by atoms with Crippen LogP contribution in [0.3, 0.4) is 0 Å². The molecule has 1 rings (SSSR count). The van der Waals surface area contributed by atoms with Gasteiger partial charge in [0.25, 0.3) is 0 Å². The molecule has 1 aromatic carbocycles. The van der Waals surface area contributed by atoms with Gasteiger partial charge in [-0.1, -0.05) is 0 Å². The lowest BCUT2D eigenvalue weighted by Crippen LogP contribution is -2.13. The summed E-state index contributed by atoms with van der Waals surface area (Å²) in [5.74, 6) is 0.743. The minimum Gasteiger partial charge on any atom is -0.497 e. The fourth-order valence-corrected chi connectivity index (χ4v) is 1.48. The SMILES string of the molecule is CCOC(=O)C(C)c1cc(OC)cc(OC)c1. The molecule has 0 bridgehead atoms. The summed E-state index contributed by atoms with van der Waals surface area (Å²) in [6.07, 6.45) is 0. The molecular weight excluding hydrogens is 220 g/mol. The molecule has 0 radical (unpaired) electrons. The van der Waals surface area contributed by atoms with Gasteiger partial charge in [-0.05, 0) is 31.5 Å². The van der Waals surface area contributed by atoms with Crippen molar-refractivity contribution in [1.29, 1.82) is 0 Å². The van der Waals surface area contributed by atoms with E-state index in [1.54, 1.807) is 34.1 Å². The number of carbonyl (C=O) groups excluding carboxylic acids is 1. The summed E-state index contributed by atoms with van der Waals surface area (Å²) in [5.41, 5.74) is 0.819. The maximum absolute atomic E-state index is 11.6. The van der Waals surface area contributed by atoms with E-state index in [1.165, 1.54) is 0 Å². The third kappa shape index (κ3) is 3.37. The lowest BCUT2D eigenvalue weighted by atomic mass is 10.0. The molecule has 0 fully saturated rings. The first-order valence-corrected chi connectivity index (χ1v) is 5.52. The van der Waals surface area contributed by atoms with Gasteiger partial charge in [0, 0.05) is 6.07 Å². The van der Waals surface area contributed by atoms with Crippen LogP contribution in [0.2, 0.25) is 0 Å². The third-order valence-corrected chi connectivity index (χ3v) is 2.51. The zero-order valence-electron chi connectivity index (χ0n) is 10.6. The molecule has 1 unspecified atom stereocenters. The fraction of sp³-hybridized carbons (Fsp3) is 0.462. The molecule has 1 aromatic rings. The molecule has 0 heterocycles. The molecule has 94 valence electrons. The Bertz CT molecular complexity index is 365. The number of rotatable bonds is 5. The Labute approximate surface area is 101 Å². The summed E-state index contributed by atoms with van der Waals surface area (Å²) in [4.78, 5) is 11.6. The van der Waals surface area contributed by atoms with Crippen molar-refractivity contribution in [2.75, 3.05) is 20.8 Å². The van der Waals surface area contributed by atoms with E-state index in [-0.39, 0.29) is 11.9 Å². The molecular formula is C13H18O4. The Balaban J connectivity index is 2.99. The van der Waals surface area contributed by atoms with E-state index in [0.717, 1.165) is 5.56 Å². The molecule has 0 aliphatic rings. The van der Waals surface area contributed by atoms with Crippen LogP contribution in [-0.4, -0.2) is 26.8 Å². The van der Waals surface area contributed by atoms with Gasteiger partial charge >= 0.3 is 5.97 Å². The number of benzene rings is 1. The average Bonchev–Trinajstić information content (AvgIpc) is 2.37. The van der Waals surface area contributed by atoms with Gasteiger partial charge in [-0.15, -0.1) is 0 Å². The molecule has 0 saturated carbocycles. The van der Waals surface area contributed by atoms with Crippen molar-refractivity contribution in [3.63, 3.8) is 0 Å². The third-order valence-electron chi connectivity index (χ3n) is 2.51. The maximum Gasteiger partial charge on any atom is 0.313 e. The summed E-state index contributed by atoms with van der Waals surface area (Å²) in [7, 11) is 3.15. The lowest BCUT2D eigenvalue weighted by molar-refractivity contribution is -0.144. The monoisotopic (exact) mass is 238 g/mol. The second-order valence-corrected chi connectivity index (χ2v) is 3.62. The van der Waals surface area contributed by atoms with Gasteiger partial charge < -0.3 is 14.2 Å². The smallest absolute Gasteiger partial charge is 0.313 e. The van der Waals surface area contributed by atoms with Gasteiger partial charge in [-0.25, -0.2) is 0 Å². The Morgan fingerprint density at radius 2 is 1.71 bits per heavy atom. The van der Waals surface area contributed by atoms with Crippen molar-refractivity contribution in [2.45, 2.75) is 19.8 Å². The molecule has 4 heteroatoms. The Morgan fingerprint density at radius 1 is 1.18 bits per heavy atom. The predicted octanol–water partition coefficient (Wildman–Crippen LogP) is 2.37. The van der Waals surface area contributed by atoms with E-state index in [0.29, 0.717) is 18.1 Å². The van der Waals surface area contributed by atoms with Crippen LogP contribution < -0.4 is 9.47 Å². The summed E-state index contributed by atoms with van der Waals surface area (Å²) in [6, 6.07) is 5.38. The highest BCUT2D eigenvalue weighted by Gasteiger charge is 2.18. The summed E-state index contributed by atoms with van der Waals surface area (Å²) >= 11 is 0. The van der Waals surface area contributed by atoms with E-state index in [1.807, 2.05) is 12.1 Å². The fourth-order valence-electron chi connectivity index (χ4n) is 1.48. The maximum atomic E-state index is 11.6. The molecule has 0 aliphatic heterocycles. The van der Waals surface area contributed by atoms with E-state index in [2.05, 4.69) is 0 Å². The van der Waals surface area contributed by atoms with Gasteiger partial charge in [0.05, 0.1) is 26.7 Å². The highest BCUT2D eigenvalue weighted by atomic mass is 16.5. The standard InChI is InChI=1S/C13H18O4/c1-5-17-13(14)9(2)10-6-11(15-3)8-12(7-10)16-4/h6-9H,5H2,1-4H3. The van der Waals surface area contributed by atoms with Crippen molar-refractivity contribution in [3.05, 3.63) is 23.8 Å². The second kappa shape index (κ2) is 6.13. The predicted molar refractivity (Wildman–Crippen MR) is 64.6 cm³/mol.